The van der Waals surface area contributed by atoms with Crippen LogP contribution in [0.2, 0.25) is 0 Å². The predicted octanol–water partition coefficient (Wildman–Crippen LogP) is -0.495. The van der Waals surface area contributed by atoms with Gasteiger partial charge >= 0.3 is 0 Å². The van der Waals surface area contributed by atoms with Crippen LogP contribution in [-0.2, 0) is 52.8 Å². The van der Waals surface area contributed by atoms with Crippen molar-refractivity contribution >= 4 is 96.4 Å². The average Bonchev–Trinajstić information content (AvgIpc) is 3.77. The molecule has 5 rings (SSSR count). The number of carbonyl (C=O) groups excluding carboxylic acids is 7. The van der Waals surface area contributed by atoms with E-state index in [1.54, 1.807) is 48.7 Å². The van der Waals surface area contributed by atoms with Gasteiger partial charge in [-0.2, -0.15) is 0 Å². The number of fused-ring (bicyclic) bond motifs is 1. The number of aromatic nitrogens is 1. The summed E-state index contributed by atoms with van der Waals surface area (Å²) in [5, 5.41) is 60.8. The van der Waals surface area contributed by atoms with Gasteiger partial charge in [0, 0.05) is 41.4 Å². The Morgan fingerprint density at radius 2 is 1.42 bits per heavy atom. The lowest BCUT2D eigenvalue weighted by atomic mass is 10.0. The number of hydrogen-bond donors (Lipinski definition) is 14. The van der Waals surface area contributed by atoms with Crippen molar-refractivity contribution in [3.05, 3.63) is 99.3 Å². The number of rotatable bonds is 17. The Bertz CT molecular complexity index is 2520. The molecule has 396 valence electrons. The maximum absolute atomic E-state index is 14.8. The van der Waals surface area contributed by atoms with Crippen LogP contribution >= 0.6 is 44.2 Å². The lowest BCUT2D eigenvalue weighted by molar-refractivity contribution is -0.136. The van der Waals surface area contributed by atoms with Crippen LogP contribution in [0.1, 0.15) is 49.8 Å². The van der Waals surface area contributed by atoms with E-state index >= 15 is 0 Å². The number of nitrogens with two attached hydrogens (primary N) is 2. The number of nitrogens with one attached hydrogen (secondary N) is 8. The summed E-state index contributed by atoms with van der Waals surface area (Å²) in [5.41, 5.74) is 14.8. The first kappa shape index (κ1) is 58.4. The van der Waals surface area contributed by atoms with Crippen molar-refractivity contribution in [2.24, 2.45) is 11.5 Å². The zero-order valence-electron chi connectivity index (χ0n) is 40.3. The van der Waals surface area contributed by atoms with E-state index in [4.69, 9.17) is 11.5 Å². The van der Waals surface area contributed by atoms with Gasteiger partial charge in [-0.1, -0.05) is 76.2 Å². The van der Waals surface area contributed by atoms with Crippen LogP contribution in [0.5, 0.6) is 5.75 Å². The van der Waals surface area contributed by atoms with Gasteiger partial charge in [0.2, 0.25) is 41.4 Å². The van der Waals surface area contributed by atoms with Crippen LogP contribution in [-0.4, -0.2) is 152 Å². The van der Waals surface area contributed by atoms with Gasteiger partial charge in [-0.15, -0.1) is 0 Å². The van der Waals surface area contributed by atoms with Crippen molar-refractivity contribution in [2.75, 3.05) is 24.7 Å². The number of halogens is 1. The lowest BCUT2D eigenvalue weighted by Crippen LogP contribution is -2.62. The number of para-hydroxylation sites is 1. The first-order valence-electron chi connectivity index (χ1n) is 23.7. The first-order chi connectivity index (χ1) is 34.9. The Hall–Kier alpha value is -5.48. The number of aliphatic hydroxyl groups excluding tert-OH is 3. The van der Waals surface area contributed by atoms with Crippen LogP contribution in [0.25, 0.3) is 10.9 Å². The molecule has 7 amide bonds. The van der Waals surface area contributed by atoms with E-state index in [2.05, 4.69) is 42.2 Å². The molecular weight excluding hydrogens is 1100 g/mol. The minimum absolute atomic E-state index is 0.0117. The molecule has 21 nitrogen and oxygen atoms in total. The molecule has 0 spiro atoms. The Labute approximate surface area is 444 Å². The van der Waals surface area contributed by atoms with Gasteiger partial charge in [0.15, 0.2) is 0 Å². The largest absolute Gasteiger partial charge is 0.507 e. The number of aromatic amines is 1. The second kappa shape index (κ2) is 28.8. The van der Waals surface area contributed by atoms with Crippen molar-refractivity contribution in [3.8, 4) is 5.75 Å². The molecule has 4 aromatic rings. The summed E-state index contributed by atoms with van der Waals surface area (Å²) >= 11 is 1.92. The zero-order chi connectivity index (χ0) is 53.2. The maximum Gasteiger partial charge on any atom is 0.245 e. The fourth-order valence-corrected chi connectivity index (χ4v) is 10.7. The molecule has 1 aliphatic heterocycles. The van der Waals surface area contributed by atoms with Crippen LogP contribution in [0.3, 0.4) is 0 Å². The molecule has 0 radical (unpaired) electrons. The van der Waals surface area contributed by atoms with Crippen molar-refractivity contribution in [1.29, 1.82) is 0 Å². The molecule has 1 fully saturated rings. The molecule has 16 N–H and O–H groups in total. The number of aromatic hydroxyl groups is 1. The SMILES string of the molecule is CC(O)[C@@H]1NC(=O)[C@H](CCCCN)NC(=O)[C@@H](Cc2c[nH]c3ccccc23)NC(=O)[C@H](Cc2ccc(O)c(I)c2)NC(=O)C(NC(=O)C(N)Cc2ccccc2)CSSC[C@@H](C(=O)N[C@H](CO)C(C)O)NC1=O. The normalized spacial score (nSPS) is 22.5. The summed E-state index contributed by atoms with van der Waals surface area (Å²) in [5.74, 6) is -6.31. The highest BCUT2D eigenvalue weighted by molar-refractivity contribution is 14.1. The van der Waals surface area contributed by atoms with Gasteiger partial charge in [-0.3, -0.25) is 33.6 Å². The molecule has 73 heavy (non-hydrogen) atoms. The van der Waals surface area contributed by atoms with E-state index in [1.807, 2.05) is 46.9 Å². The fraction of sp³-hybridized carbons (Fsp3) is 0.449. The lowest BCUT2D eigenvalue weighted by Gasteiger charge is -2.29. The smallest absolute Gasteiger partial charge is 0.245 e. The minimum atomic E-state index is -1.68. The quantitative estimate of drug-likeness (QED) is 0.0360. The van der Waals surface area contributed by atoms with Crippen LogP contribution in [0.4, 0.5) is 0 Å². The van der Waals surface area contributed by atoms with Crippen molar-refractivity contribution in [3.63, 3.8) is 0 Å². The van der Waals surface area contributed by atoms with E-state index in [0.29, 0.717) is 27.5 Å². The van der Waals surface area contributed by atoms with E-state index < -0.39 is 108 Å². The monoisotopic (exact) mass is 1160 g/mol. The molecule has 0 saturated carbocycles. The minimum Gasteiger partial charge on any atom is -0.507 e. The maximum atomic E-state index is 14.8. The van der Waals surface area contributed by atoms with Crippen molar-refractivity contribution < 1.29 is 54.0 Å². The first-order valence-corrected chi connectivity index (χ1v) is 27.3. The molecule has 1 saturated heterocycles. The number of amides is 7. The molecule has 2 heterocycles. The van der Waals surface area contributed by atoms with E-state index in [-0.39, 0.29) is 49.5 Å². The molecule has 10 atom stereocenters. The third-order valence-corrected chi connectivity index (χ3v) is 15.3. The number of carbonyl (C=O) groups is 7. The summed E-state index contributed by atoms with van der Waals surface area (Å²) in [6.07, 6.45) is -0.438. The van der Waals surface area contributed by atoms with Gasteiger partial charge in [-0.05, 0) is 104 Å². The Morgan fingerprint density at radius 1 is 0.781 bits per heavy atom. The standard InChI is InChI=1S/C49H65IN10O11S2/c1-26(62)38(23-61)57-48(70)40-25-73-72-24-39(58-43(65)33(52)19-28-10-4-3-5-11-28)47(69)55-36(20-29-15-16-41(64)32(50)18-29)45(67)56-37(21-30-22-53-34-13-7-6-12-31(30)34)46(68)54-35(14-8-9-17-51)44(66)60-42(27(2)63)49(71)59-40/h3-7,10-13,15-16,18,22,26-27,33,35-40,42,53,61-64H,8-9,14,17,19-21,23-25,51-52H2,1-2H3,(H,54,68)(H,55,69)(H,56,67)(H,57,70)(H,58,65)(H,59,71)(H,60,66)/t26?,27?,33?,35-,36-,37+,38+,39?,40-,42-/m0/s1. The summed E-state index contributed by atoms with van der Waals surface area (Å²) in [7, 11) is 2.01. The van der Waals surface area contributed by atoms with Crippen LogP contribution in [0, 0.1) is 3.57 Å². The van der Waals surface area contributed by atoms with Gasteiger partial charge < -0.3 is 74.1 Å². The molecule has 0 aliphatic carbocycles. The highest BCUT2D eigenvalue weighted by Gasteiger charge is 2.36. The predicted molar refractivity (Wildman–Crippen MR) is 286 cm³/mol. The summed E-state index contributed by atoms with van der Waals surface area (Å²) in [4.78, 5) is 103. The summed E-state index contributed by atoms with van der Waals surface area (Å²) in [6.45, 7) is 2.18. The number of unbranched alkanes of at least 4 members (excludes halogenated alkanes) is 1. The van der Waals surface area contributed by atoms with Crippen LogP contribution < -0.4 is 48.7 Å². The topological polar surface area (TPSA) is 352 Å². The van der Waals surface area contributed by atoms with Crippen LogP contribution in [0.15, 0.2) is 79.0 Å². The van der Waals surface area contributed by atoms with E-state index in [1.165, 1.54) is 19.9 Å². The molecule has 4 unspecified atom stereocenters. The van der Waals surface area contributed by atoms with Crippen molar-refractivity contribution in [1.82, 2.24) is 42.2 Å². The Balaban J connectivity index is 1.59. The highest BCUT2D eigenvalue weighted by atomic mass is 127. The molecule has 0 bridgehead atoms. The number of H-pyrrole nitrogens is 1. The number of phenols is 1. The number of benzene rings is 3. The summed E-state index contributed by atoms with van der Waals surface area (Å²) < 4.78 is 0.453. The third kappa shape index (κ3) is 17.6. The highest BCUT2D eigenvalue weighted by Crippen LogP contribution is 2.25. The average molecular weight is 1160 g/mol. The molecule has 1 aromatic heterocycles. The van der Waals surface area contributed by atoms with Gasteiger partial charge in [0.05, 0.1) is 34.5 Å². The molecule has 3 aromatic carbocycles. The van der Waals surface area contributed by atoms with Gasteiger partial charge in [-0.25, -0.2) is 0 Å². The molecule has 1 aliphatic rings. The zero-order valence-corrected chi connectivity index (χ0v) is 44.1. The van der Waals surface area contributed by atoms with Crippen molar-refractivity contribution in [2.45, 2.75) is 113 Å². The molecular formula is C49H65IN10O11S2. The number of phenolic OH excluding ortho intramolecular Hbond substituents is 1. The fourth-order valence-electron chi connectivity index (χ4n) is 7.79. The second-order valence-corrected chi connectivity index (χ2v) is 21.5. The summed E-state index contributed by atoms with van der Waals surface area (Å²) in [6, 6.07) is 9.96. The van der Waals surface area contributed by atoms with E-state index in [0.717, 1.165) is 38.1 Å². The number of aliphatic hydroxyl groups is 3. The number of hydrogen-bond acceptors (Lipinski definition) is 15. The Morgan fingerprint density at radius 3 is 2.10 bits per heavy atom. The molecule has 24 heteroatoms. The Kier molecular flexibility index (Phi) is 23.1. The van der Waals surface area contributed by atoms with E-state index in [9.17, 15) is 54.0 Å². The van der Waals surface area contributed by atoms with Gasteiger partial charge in [0.25, 0.3) is 0 Å². The third-order valence-electron chi connectivity index (χ3n) is 12.0. The van der Waals surface area contributed by atoms with Gasteiger partial charge in [0.1, 0.15) is 42.0 Å². The second-order valence-electron chi connectivity index (χ2n) is 17.8.